The summed E-state index contributed by atoms with van der Waals surface area (Å²) in [6.45, 7) is -0.228. The van der Waals surface area contributed by atoms with E-state index in [1.165, 1.54) is 29.1 Å². The van der Waals surface area contributed by atoms with Crippen LogP contribution in [0.25, 0.3) is 28.2 Å². The van der Waals surface area contributed by atoms with Gasteiger partial charge in [-0.25, -0.2) is 13.8 Å². The molecule has 0 aliphatic heterocycles. The standard InChI is InChI=1S/C23H15F2N3O/c24-19-9-17(16-5-4-14-2-1-3-15(14)8-16)10-20(25)18(19)13-28-22-6-7-26-11-21(22)27-12-23(28)29/h1-2,4-12H,3,13H2. The Hall–Kier alpha value is -3.67. The third-order valence-corrected chi connectivity index (χ3v) is 5.22. The molecule has 142 valence electrons. The van der Waals surface area contributed by atoms with Crippen LogP contribution >= 0.6 is 0 Å². The maximum atomic E-state index is 14.9. The molecule has 2 heterocycles. The minimum atomic E-state index is -0.690. The molecule has 1 aliphatic carbocycles. The van der Waals surface area contributed by atoms with E-state index in [0.29, 0.717) is 16.6 Å². The van der Waals surface area contributed by atoms with Gasteiger partial charge < -0.3 is 4.57 Å². The lowest BCUT2D eigenvalue weighted by Crippen LogP contribution is -2.22. The van der Waals surface area contributed by atoms with Gasteiger partial charge in [0.15, 0.2) is 0 Å². The van der Waals surface area contributed by atoms with E-state index in [2.05, 4.69) is 16.0 Å². The van der Waals surface area contributed by atoms with Gasteiger partial charge in [0.1, 0.15) is 17.2 Å². The number of hydrogen-bond acceptors (Lipinski definition) is 3. The maximum absolute atomic E-state index is 14.9. The lowest BCUT2D eigenvalue weighted by atomic mass is 9.98. The zero-order valence-corrected chi connectivity index (χ0v) is 15.3. The molecular weight excluding hydrogens is 372 g/mol. The fourth-order valence-corrected chi connectivity index (χ4v) is 3.70. The molecule has 2 aromatic heterocycles. The van der Waals surface area contributed by atoms with Crippen LogP contribution in [0.1, 0.15) is 16.7 Å². The molecule has 0 amide bonds. The van der Waals surface area contributed by atoms with E-state index in [1.807, 2.05) is 24.3 Å². The summed E-state index contributed by atoms with van der Waals surface area (Å²) in [6, 6.07) is 10.0. The highest BCUT2D eigenvalue weighted by Crippen LogP contribution is 2.29. The summed E-state index contributed by atoms with van der Waals surface area (Å²) >= 11 is 0. The van der Waals surface area contributed by atoms with Gasteiger partial charge in [-0.05, 0) is 46.9 Å². The second-order valence-corrected chi connectivity index (χ2v) is 6.99. The van der Waals surface area contributed by atoms with Gasteiger partial charge in [0.05, 0.1) is 24.5 Å². The molecule has 2 aromatic carbocycles. The zero-order valence-electron chi connectivity index (χ0n) is 15.3. The Morgan fingerprint density at radius 2 is 1.83 bits per heavy atom. The second-order valence-electron chi connectivity index (χ2n) is 6.99. The van der Waals surface area contributed by atoms with Crippen LogP contribution in [0, 0.1) is 11.6 Å². The summed E-state index contributed by atoms with van der Waals surface area (Å²) in [5, 5.41) is 0. The van der Waals surface area contributed by atoms with Crippen molar-refractivity contribution in [2.75, 3.05) is 0 Å². The third kappa shape index (κ3) is 3.02. The second kappa shape index (κ2) is 6.74. The largest absolute Gasteiger partial charge is 0.301 e. The molecule has 5 rings (SSSR count). The predicted octanol–water partition coefficient (Wildman–Crippen LogP) is 4.35. The highest BCUT2D eigenvalue weighted by Gasteiger charge is 2.16. The quantitative estimate of drug-likeness (QED) is 0.525. The van der Waals surface area contributed by atoms with Crippen LogP contribution in [-0.2, 0) is 13.0 Å². The van der Waals surface area contributed by atoms with Gasteiger partial charge in [-0.1, -0.05) is 30.4 Å². The van der Waals surface area contributed by atoms with Crippen LogP contribution < -0.4 is 5.56 Å². The fourth-order valence-electron chi connectivity index (χ4n) is 3.70. The van der Waals surface area contributed by atoms with Crippen molar-refractivity contribution in [2.45, 2.75) is 13.0 Å². The summed E-state index contributed by atoms with van der Waals surface area (Å²) in [7, 11) is 0. The molecule has 1 aliphatic rings. The molecular formula is C23H15F2N3O. The van der Waals surface area contributed by atoms with Crippen LogP contribution in [0.15, 0.2) is 65.9 Å². The lowest BCUT2D eigenvalue weighted by Gasteiger charge is -2.13. The third-order valence-electron chi connectivity index (χ3n) is 5.22. The Balaban J connectivity index is 1.57. The number of rotatable bonds is 3. The number of aromatic nitrogens is 3. The van der Waals surface area contributed by atoms with Crippen LogP contribution in [0.2, 0.25) is 0 Å². The average Bonchev–Trinajstić information content (AvgIpc) is 3.19. The van der Waals surface area contributed by atoms with Crippen molar-refractivity contribution in [3.8, 4) is 11.1 Å². The zero-order chi connectivity index (χ0) is 20.0. The van der Waals surface area contributed by atoms with Crippen molar-refractivity contribution in [1.82, 2.24) is 14.5 Å². The van der Waals surface area contributed by atoms with Crippen molar-refractivity contribution in [2.24, 2.45) is 0 Å². The molecule has 0 fully saturated rings. The van der Waals surface area contributed by atoms with Gasteiger partial charge in [0.2, 0.25) is 0 Å². The summed E-state index contributed by atoms with van der Waals surface area (Å²) in [5.74, 6) is -1.38. The molecule has 0 radical (unpaired) electrons. The summed E-state index contributed by atoms with van der Waals surface area (Å²) < 4.78 is 31.1. The van der Waals surface area contributed by atoms with Gasteiger partial charge in [0.25, 0.3) is 5.56 Å². The number of halogens is 2. The summed E-state index contributed by atoms with van der Waals surface area (Å²) in [4.78, 5) is 20.3. The molecule has 4 nitrogen and oxygen atoms in total. The van der Waals surface area contributed by atoms with E-state index in [1.54, 1.807) is 6.07 Å². The van der Waals surface area contributed by atoms with Gasteiger partial charge in [-0.3, -0.25) is 9.78 Å². The van der Waals surface area contributed by atoms with Crippen LogP contribution in [0.4, 0.5) is 8.78 Å². The van der Waals surface area contributed by atoms with Crippen molar-refractivity contribution in [3.63, 3.8) is 0 Å². The smallest absolute Gasteiger partial charge is 0.269 e. The molecule has 29 heavy (non-hydrogen) atoms. The lowest BCUT2D eigenvalue weighted by molar-refractivity contribution is 0.545. The van der Waals surface area contributed by atoms with Crippen LogP contribution in [0.5, 0.6) is 0 Å². The van der Waals surface area contributed by atoms with E-state index in [9.17, 15) is 13.6 Å². The first-order chi connectivity index (χ1) is 14.1. The number of allylic oxidation sites excluding steroid dienone is 1. The molecule has 0 unspecified atom stereocenters. The summed E-state index contributed by atoms with van der Waals surface area (Å²) in [5.41, 5.74) is 3.85. The minimum Gasteiger partial charge on any atom is -0.301 e. The highest BCUT2D eigenvalue weighted by atomic mass is 19.1. The number of fused-ring (bicyclic) bond motifs is 2. The number of benzene rings is 2. The van der Waals surface area contributed by atoms with Gasteiger partial charge in [-0.15, -0.1) is 0 Å². The van der Waals surface area contributed by atoms with Crippen LogP contribution in [-0.4, -0.2) is 14.5 Å². The molecule has 0 bridgehead atoms. The first kappa shape index (κ1) is 17.4. The fraction of sp³-hybridized carbons (Fsp3) is 0.0870. The highest BCUT2D eigenvalue weighted by molar-refractivity contribution is 5.73. The molecule has 0 spiro atoms. The van der Waals surface area contributed by atoms with E-state index in [4.69, 9.17) is 0 Å². The number of nitrogens with zero attached hydrogens (tertiary/aromatic N) is 3. The molecule has 0 N–H and O–H groups in total. The Bertz CT molecular complexity index is 1340. The molecule has 0 atom stereocenters. The van der Waals surface area contributed by atoms with E-state index in [-0.39, 0.29) is 12.1 Å². The van der Waals surface area contributed by atoms with E-state index < -0.39 is 17.2 Å². The SMILES string of the molecule is O=c1cnc2cnccc2n1Cc1c(F)cc(-c2ccc3c(c2)CC=C3)cc1F. The Morgan fingerprint density at radius 3 is 2.66 bits per heavy atom. The number of pyridine rings is 1. The van der Waals surface area contributed by atoms with Crippen molar-refractivity contribution in [1.29, 1.82) is 0 Å². The van der Waals surface area contributed by atoms with Gasteiger partial charge in [0, 0.05) is 11.8 Å². The molecule has 0 saturated heterocycles. The number of hydrogen-bond donors (Lipinski definition) is 0. The van der Waals surface area contributed by atoms with Gasteiger partial charge in [-0.2, -0.15) is 0 Å². The van der Waals surface area contributed by atoms with Crippen molar-refractivity contribution in [3.05, 3.63) is 99.7 Å². The first-order valence-electron chi connectivity index (χ1n) is 9.17. The van der Waals surface area contributed by atoms with Gasteiger partial charge >= 0.3 is 0 Å². The topological polar surface area (TPSA) is 47.8 Å². The molecule has 6 heteroatoms. The Labute approximate surface area is 164 Å². The minimum absolute atomic E-state index is 0.164. The van der Waals surface area contributed by atoms with Crippen LogP contribution in [0.3, 0.4) is 0 Å². The van der Waals surface area contributed by atoms with Crippen molar-refractivity contribution < 1.29 is 8.78 Å². The Kier molecular flexibility index (Phi) is 4.05. The first-order valence-corrected chi connectivity index (χ1v) is 9.17. The van der Waals surface area contributed by atoms with E-state index in [0.717, 1.165) is 29.3 Å². The molecule has 0 saturated carbocycles. The average molecular weight is 387 g/mol. The molecule has 4 aromatic rings. The Morgan fingerprint density at radius 1 is 1.00 bits per heavy atom. The van der Waals surface area contributed by atoms with Crippen molar-refractivity contribution >= 4 is 17.1 Å². The monoisotopic (exact) mass is 387 g/mol. The van der Waals surface area contributed by atoms with E-state index >= 15 is 0 Å². The maximum Gasteiger partial charge on any atom is 0.269 e. The normalized spacial score (nSPS) is 12.5. The summed E-state index contributed by atoms with van der Waals surface area (Å²) in [6.07, 6.45) is 9.06. The predicted molar refractivity (Wildman–Crippen MR) is 107 cm³/mol.